The van der Waals surface area contributed by atoms with Crippen LogP contribution >= 0.6 is 0 Å². The van der Waals surface area contributed by atoms with E-state index >= 15 is 0 Å². The molecule has 5 heteroatoms. The molecule has 2 rings (SSSR count). The number of rotatable bonds is 3. The molecule has 0 bridgehead atoms. The molecule has 0 spiro atoms. The summed E-state index contributed by atoms with van der Waals surface area (Å²) in [6, 6.07) is 7.45. The Bertz CT molecular complexity index is 523. The molecule has 1 amide bonds. The van der Waals surface area contributed by atoms with Crippen LogP contribution in [-0.2, 0) is 14.3 Å². The van der Waals surface area contributed by atoms with Crippen LogP contribution in [0.25, 0.3) is 6.08 Å². The molecular formula is C14H16N2O3. The molecular weight excluding hydrogens is 244 g/mol. The fourth-order valence-electron chi connectivity index (χ4n) is 1.88. The second-order valence-corrected chi connectivity index (χ2v) is 4.44. The van der Waals surface area contributed by atoms with Gasteiger partial charge in [0, 0.05) is 5.69 Å². The first-order valence-corrected chi connectivity index (χ1v) is 6.09. The number of carbonyl (C=O) groups is 2. The quantitative estimate of drug-likeness (QED) is 0.637. The van der Waals surface area contributed by atoms with Crippen molar-refractivity contribution in [2.75, 3.05) is 5.32 Å². The molecule has 0 fully saturated rings. The zero-order chi connectivity index (χ0) is 13.8. The minimum atomic E-state index is -0.664. The first kappa shape index (κ1) is 13.3. The summed E-state index contributed by atoms with van der Waals surface area (Å²) in [5, 5.41) is 2.79. The third kappa shape index (κ3) is 3.42. The van der Waals surface area contributed by atoms with E-state index in [2.05, 4.69) is 5.32 Å². The number of amides is 1. The summed E-state index contributed by atoms with van der Waals surface area (Å²) in [6.45, 7) is 1.57. The average molecular weight is 260 g/mol. The minimum Gasteiger partial charge on any atom is -0.447 e. The molecule has 1 aliphatic rings. The highest BCUT2D eigenvalue weighted by atomic mass is 16.6. The van der Waals surface area contributed by atoms with E-state index in [9.17, 15) is 9.59 Å². The van der Waals surface area contributed by atoms with Gasteiger partial charge < -0.3 is 10.1 Å². The van der Waals surface area contributed by atoms with Crippen LogP contribution in [0.5, 0.6) is 0 Å². The number of benzene rings is 1. The van der Waals surface area contributed by atoms with Gasteiger partial charge in [0.05, 0.1) is 12.3 Å². The van der Waals surface area contributed by atoms with E-state index in [1.165, 1.54) is 0 Å². The number of carbonyl (C=O) groups excluding carboxylic acids is 2. The van der Waals surface area contributed by atoms with Crippen molar-refractivity contribution in [2.45, 2.75) is 19.6 Å². The minimum absolute atomic E-state index is 0.0160. The predicted octanol–water partition coefficient (Wildman–Crippen LogP) is 1.51. The Morgan fingerprint density at radius 3 is 2.95 bits per heavy atom. The number of nitrogens with two attached hydrogens (primary N) is 1. The summed E-state index contributed by atoms with van der Waals surface area (Å²) in [5.41, 5.74) is 7.03. The fourth-order valence-corrected chi connectivity index (χ4v) is 1.88. The van der Waals surface area contributed by atoms with Crippen LogP contribution in [0.3, 0.4) is 0 Å². The highest BCUT2D eigenvalue weighted by Gasteiger charge is 2.23. The monoisotopic (exact) mass is 260 g/mol. The normalized spacial score (nSPS) is 19.1. The Morgan fingerprint density at radius 1 is 1.47 bits per heavy atom. The van der Waals surface area contributed by atoms with Crippen LogP contribution in [0.4, 0.5) is 5.69 Å². The molecule has 100 valence electrons. The van der Waals surface area contributed by atoms with Crippen molar-refractivity contribution < 1.29 is 14.3 Å². The van der Waals surface area contributed by atoms with Gasteiger partial charge in [-0.05, 0) is 18.6 Å². The lowest BCUT2D eigenvalue weighted by Crippen LogP contribution is -2.28. The van der Waals surface area contributed by atoms with E-state index in [1.807, 2.05) is 30.3 Å². The van der Waals surface area contributed by atoms with E-state index < -0.39 is 18.1 Å². The van der Waals surface area contributed by atoms with Gasteiger partial charge in [0.25, 0.3) is 0 Å². The van der Waals surface area contributed by atoms with Crippen molar-refractivity contribution in [3.05, 3.63) is 35.9 Å². The number of hydrogen-bond donors (Lipinski definition) is 2. The number of fused-ring (bicyclic) bond motifs is 1. The Balaban J connectivity index is 2.09. The lowest BCUT2D eigenvalue weighted by atomic mass is 10.0. The van der Waals surface area contributed by atoms with Gasteiger partial charge in [-0.1, -0.05) is 30.4 Å². The Labute approximate surface area is 111 Å². The zero-order valence-electron chi connectivity index (χ0n) is 10.6. The zero-order valence-corrected chi connectivity index (χ0v) is 10.6. The average Bonchev–Trinajstić information content (AvgIpc) is 2.48. The summed E-state index contributed by atoms with van der Waals surface area (Å²) in [7, 11) is 0. The van der Waals surface area contributed by atoms with Gasteiger partial charge in [0.1, 0.15) is 6.23 Å². The van der Waals surface area contributed by atoms with Gasteiger partial charge in [-0.25, -0.2) is 0 Å². The first-order valence-electron chi connectivity index (χ1n) is 6.09. The van der Waals surface area contributed by atoms with E-state index in [4.69, 9.17) is 10.5 Å². The van der Waals surface area contributed by atoms with Crippen molar-refractivity contribution in [3.8, 4) is 0 Å². The van der Waals surface area contributed by atoms with Gasteiger partial charge >= 0.3 is 5.97 Å². The van der Waals surface area contributed by atoms with Gasteiger partial charge in [-0.15, -0.1) is 0 Å². The largest absolute Gasteiger partial charge is 0.447 e. The molecule has 2 atom stereocenters. The maximum Gasteiger partial charge on any atom is 0.308 e. The maximum absolute atomic E-state index is 12.0. The molecule has 0 saturated heterocycles. The molecule has 0 saturated carbocycles. The van der Waals surface area contributed by atoms with Gasteiger partial charge in [-0.2, -0.15) is 0 Å². The molecule has 1 aliphatic heterocycles. The lowest BCUT2D eigenvalue weighted by molar-refractivity contribution is -0.149. The summed E-state index contributed by atoms with van der Waals surface area (Å²) in [5.74, 6) is -1.24. The maximum atomic E-state index is 12.0. The number of nitrogens with one attached hydrogen (secondary N) is 1. The molecule has 5 nitrogen and oxygen atoms in total. The van der Waals surface area contributed by atoms with Crippen LogP contribution in [-0.4, -0.2) is 18.1 Å². The van der Waals surface area contributed by atoms with Gasteiger partial charge in [-0.3, -0.25) is 15.3 Å². The topological polar surface area (TPSA) is 81.4 Å². The molecule has 0 aliphatic carbocycles. The summed E-state index contributed by atoms with van der Waals surface area (Å²) < 4.78 is 4.84. The first-order chi connectivity index (χ1) is 9.06. The van der Waals surface area contributed by atoms with E-state index in [0.717, 1.165) is 11.3 Å². The number of esters is 1. The van der Waals surface area contributed by atoms with Gasteiger partial charge in [0.2, 0.25) is 5.91 Å². The van der Waals surface area contributed by atoms with Crippen LogP contribution in [0.15, 0.2) is 30.3 Å². The third-order valence-electron chi connectivity index (χ3n) is 2.77. The second kappa shape index (κ2) is 5.67. The molecule has 1 aromatic rings. The standard InChI is InChI=1S/C14H16N2O3/c1-9(15)19-13(17)8-11-7-6-10-4-2-3-5-12(10)16-14(11)18/h2-7,9,11H,8,15H2,1H3,(H,16,18). The van der Waals surface area contributed by atoms with Crippen molar-refractivity contribution in [2.24, 2.45) is 11.7 Å². The number of hydrogen-bond acceptors (Lipinski definition) is 4. The van der Waals surface area contributed by atoms with Crippen LogP contribution in [0, 0.1) is 5.92 Å². The number of para-hydroxylation sites is 1. The van der Waals surface area contributed by atoms with Crippen molar-refractivity contribution in [3.63, 3.8) is 0 Å². The summed E-state index contributed by atoms with van der Waals surface area (Å²) in [4.78, 5) is 23.5. The molecule has 0 radical (unpaired) electrons. The summed E-state index contributed by atoms with van der Waals surface area (Å²) >= 11 is 0. The predicted molar refractivity (Wildman–Crippen MR) is 72.0 cm³/mol. The van der Waals surface area contributed by atoms with Crippen LogP contribution in [0.1, 0.15) is 18.9 Å². The van der Waals surface area contributed by atoms with E-state index in [1.54, 1.807) is 13.0 Å². The molecule has 1 aromatic carbocycles. The highest BCUT2D eigenvalue weighted by molar-refractivity contribution is 5.99. The molecule has 0 aromatic heterocycles. The van der Waals surface area contributed by atoms with Crippen molar-refractivity contribution in [1.82, 2.24) is 0 Å². The summed E-state index contributed by atoms with van der Waals surface area (Å²) in [6.07, 6.45) is 2.86. The Kier molecular flexibility index (Phi) is 3.97. The highest BCUT2D eigenvalue weighted by Crippen LogP contribution is 2.23. The fraction of sp³-hybridized carbons (Fsp3) is 0.286. The van der Waals surface area contributed by atoms with E-state index in [0.29, 0.717) is 0 Å². The van der Waals surface area contributed by atoms with Gasteiger partial charge in [0.15, 0.2) is 0 Å². The molecule has 1 heterocycles. The molecule has 2 unspecified atom stereocenters. The van der Waals surface area contributed by atoms with Crippen LogP contribution < -0.4 is 11.1 Å². The SMILES string of the molecule is CC(N)OC(=O)CC1C=Cc2ccccc2NC1=O. The second-order valence-electron chi connectivity index (χ2n) is 4.44. The van der Waals surface area contributed by atoms with E-state index in [-0.39, 0.29) is 12.3 Å². The third-order valence-corrected chi connectivity index (χ3v) is 2.77. The lowest BCUT2D eigenvalue weighted by Gasteiger charge is -2.12. The Hall–Kier alpha value is -2.14. The van der Waals surface area contributed by atoms with Crippen LogP contribution in [0.2, 0.25) is 0 Å². The molecule has 3 N–H and O–H groups in total. The smallest absolute Gasteiger partial charge is 0.308 e. The number of anilines is 1. The molecule has 19 heavy (non-hydrogen) atoms. The van der Waals surface area contributed by atoms with Crippen molar-refractivity contribution in [1.29, 1.82) is 0 Å². The van der Waals surface area contributed by atoms with Crippen molar-refractivity contribution >= 4 is 23.6 Å². The Morgan fingerprint density at radius 2 is 2.21 bits per heavy atom. The number of ether oxygens (including phenoxy) is 1.